The summed E-state index contributed by atoms with van der Waals surface area (Å²) in [7, 11) is 2.82. The van der Waals surface area contributed by atoms with E-state index in [0.717, 1.165) is 0 Å². The Morgan fingerprint density at radius 2 is 2.15 bits per heavy atom. The minimum atomic E-state index is -0.942. The van der Waals surface area contributed by atoms with Crippen molar-refractivity contribution >= 4 is 5.97 Å². The number of carbonyl (C=O) groups excluding carboxylic acids is 1. The Morgan fingerprint density at radius 3 is 2.69 bits per heavy atom. The first-order valence-corrected chi connectivity index (χ1v) is 4.11. The van der Waals surface area contributed by atoms with Gasteiger partial charge in [-0.3, -0.25) is 0 Å². The van der Waals surface area contributed by atoms with Gasteiger partial charge in [-0.25, -0.2) is 4.79 Å². The van der Waals surface area contributed by atoms with Crippen molar-refractivity contribution in [2.75, 3.05) is 14.2 Å². The smallest absolute Gasteiger partial charge is 0.335 e. The highest BCUT2D eigenvalue weighted by molar-refractivity contribution is 5.74. The maximum absolute atomic E-state index is 11.1. The lowest BCUT2D eigenvalue weighted by atomic mass is 10.1. The molecule has 0 amide bonds. The standard InChI is InChI=1S/C8H14O5/c1-11-5-3-6(8(10)12-2)13-7(9)4-5/h5-7,9H,3-4H2,1-2H3. The lowest BCUT2D eigenvalue weighted by Crippen LogP contribution is -2.41. The summed E-state index contributed by atoms with van der Waals surface area (Å²) in [4.78, 5) is 11.1. The predicted octanol–water partition coefficient (Wildman–Crippen LogP) is -0.328. The second-order valence-corrected chi connectivity index (χ2v) is 2.93. The van der Waals surface area contributed by atoms with Crippen molar-refractivity contribution in [3.8, 4) is 0 Å². The predicted molar refractivity (Wildman–Crippen MR) is 42.9 cm³/mol. The van der Waals surface area contributed by atoms with E-state index >= 15 is 0 Å². The van der Waals surface area contributed by atoms with Crippen molar-refractivity contribution in [3.05, 3.63) is 0 Å². The van der Waals surface area contributed by atoms with Crippen molar-refractivity contribution in [3.63, 3.8) is 0 Å². The zero-order valence-electron chi connectivity index (χ0n) is 7.73. The third-order valence-corrected chi connectivity index (χ3v) is 2.06. The van der Waals surface area contributed by atoms with Gasteiger partial charge in [0.25, 0.3) is 0 Å². The van der Waals surface area contributed by atoms with Crippen LogP contribution in [0.15, 0.2) is 0 Å². The van der Waals surface area contributed by atoms with Crippen LogP contribution in [0, 0.1) is 0 Å². The van der Waals surface area contributed by atoms with E-state index in [0.29, 0.717) is 12.8 Å². The Balaban J connectivity index is 2.51. The lowest BCUT2D eigenvalue weighted by Gasteiger charge is -2.30. The SMILES string of the molecule is COC(=O)C1CC(OC)CC(O)O1. The van der Waals surface area contributed by atoms with Gasteiger partial charge < -0.3 is 19.3 Å². The molecule has 1 N–H and O–H groups in total. The molecule has 0 spiro atoms. The molecule has 3 unspecified atom stereocenters. The van der Waals surface area contributed by atoms with Crippen molar-refractivity contribution < 1.29 is 24.1 Å². The van der Waals surface area contributed by atoms with Gasteiger partial charge in [-0.15, -0.1) is 0 Å². The molecule has 1 rings (SSSR count). The fourth-order valence-corrected chi connectivity index (χ4v) is 1.34. The summed E-state index contributed by atoms with van der Waals surface area (Å²) in [6, 6.07) is 0. The normalized spacial score (nSPS) is 34.2. The van der Waals surface area contributed by atoms with E-state index in [9.17, 15) is 9.90 Å². The summed E-state index contributed by atoms with van der Waals surface area (Å²) < 4.78 is 14.5. The molecule has 5 heteroatoms. The molecule has 0 aromatic rings. The Hall–Kier alpha value is -0.650. The molecule has 1 aliphatic heterocycles. The van der Waals surface area contributed by atoms with Gasteiger partial charge in [0.15, 0.2) is 12.4 Å². The molecule has 1 fully saturated rings. The number of hydrogen-bond acceptors (Lipinski definition) is 5. The van der Waals surface area contributed by atoms with Crippen LogP contribution in [0.25, 0.3) is 0 Å². The number of rotatable bonds is 2. The summed E-state index contributed by atoms with van der Waals surface area (Å²) >= 11 is 0. The van der Waals surface area contributed by atoms with E-state index in [1.54, 1.807) is 0 Å². The molecule has 0 aromatic carbocycles. The average molecular weight is 190 g/mol. The number of aliphatic hydroxyl groups is 1. The van der Waals surface area contributed by atoms with Gasteiger partial charge in [-0.05, 0) is 0 Å². The largest absolute Gasteiger partial charge is 0.467 e. The van der Waals surface area contributed by atoms with E-state index in [-0.39, 0.29) is 6.10 Å². The molecule has 0 aliphatic carbocycles. The summed E-state index contributed by atoms with van der Waals surface area (Å²) in [5, 5.41) is 9.22. The Labute approximate surface area is 76.6 Å². The molecule has 0 saturated carbocycles. The highest BCUT2D eigenvalue weighted by Crippen LogP contribution is 2.20. The summed E-state index contributed by atoms with van der Waals surface area (Å²) in [6.07, 6.45) is -0.973. The van der Waals surface area contributed by atoms with Crippen molar-refractivity contribution in [1.82, 2.24) is 0 Å². The molecular weight excluding hydrogens is 176 g/mol. The van der Waals surface area contributed by atoms with Gasteiger partial charge in [-0.1, -0.05) is 0 Å². The van der Waals surface area contributed by atoms with Gasteiger partial charge in [-0.2, -0.15) is 0 Å². The van der Waals surface area contributed by atoms with Gasteiger partial charge in [0.2, 0.25) is 0 Å². The van der Waals surface area contributed by atoms with Crippen LogP contribution in [-0.2, 0) is 19.0 Å². The first kappa shape index (κ1) is 10.4. The number of esters is 1. The maximum Gasteiger partial charge on any atom is 0.335 e. The van der Waals surface area contributed by atoms with Crippen LogP contribution in [0.5, 0.6) is 0 Å². The first-order chi connectivity index (χ1) is 6.17. The van der Waals surface area contributed by atoms with Crippen molar-refractivity contribution in [1.29, 1.82) is 0 Å². The van der Waals surface area contributed by atoms with Gasteiger partial charge in [0, 0.05) is 20.0 Å². The molecule has 1 aliphatic rings. The molecule has 0 aromatic heterocycles. The van der Waals surface area contributed by atoms with Gasteiger partial charge in [0.05, 0.1) is 13.2 Å². The van der Waals surface area contributed by atoms with Crippen LogP contribution in [0.1, 0.15) is 12.8 Å². The van der Waals surface area contributed by atoms with E-state index in [4.69, 9.17) is 9.47 Å². The minimum absolute atomic E-state index is 0.146. The Morgan fingerprint density at radius 1 is 1.46 bits per heavy atom. The monoisotopic (exact) mass is 190 g/mol. The molecule has 0 radical (unpaired) electrons. The minimum Gasteiger partial charge on any atom is -0.467 e. The van der Waals surface area contributed by atoms with Crippen LogP contribution < -0.4 is 0 Å². The van der Waals surface area contributed by atoms with Crippen LogP contribution in [-0.4, -0.2) is 43.8 Å². The Bertz CT molecular complexity index is 181. The third-order valence-electron chi connectivity index (χ3n) is 2.06. The van der Waals surface area contributed by atoms with E-state index in [2.05, 4.69) is 4.74 Å². The van der Waals surface area contributed by atoms with E-state index in [1.165, 1.54) is 14.2 Å². The molecule has 13 heavy (non-hydrogen) atoms. The lowest BCUT2D eigenvalue weighted by molar-refractivity contribution is -0.208. The molecule has 3 atom stereocenters. The zero-order valence-corrected chi connectivity index (χ0v) is 7.73. The number of hydrogen-bond donors (Lipinski definition) is 1. The Kier molecular flexibility index (Phi) is 3.65. The number of aliphatic hydroxyl groups excluding tert-OH is 1. The highest BCUT2D eigenvalue weighted by atomic mass is 16.6. The third kappa shape index (κ3) is 2.65. The second-order valence-electron chi connectivity index (χ2n) is 2.93. The second kappa shape index (κ2) is 4.55. The molecule has 1 saturated heterocycles. The average Bonchev–Trinajstić information content (AvgIpc) is 2.15. The highest BCUT2D eigenvalue weighted by Gasteiger charge is 2.33. The number of carbonyl (C=O) groups is 1. The van der Waals surface area contributed by atoms with Crippen LogP contribution >= 0.6 is 0 Å². The quantitative estimate of drug-likeness (QED) is 0.604. The van der Waals surface area contributed by atoms with Crippen molar-refractivity contribution in [2.45, 2.75) is 31.3 Å². The first-order valence-electron chi connectivity index (χ1n) is 4.11. The van der Waals surface area contributed by atoms with Crippen LogP contribution in [0.3, 0.4) is 0 Å². The molecule has 0 bridgehead atoms. The number of methoxy groups -OCH3 is 2. The summed E-state index contributed by atoms with van der Waals surface area (Å²) in [5.41, 5.74) is 0. The fraction of sp³-hybridized carbons (Fsp3) is 0.875. The topological polar surface area (TPSA) is 65.0 Å². The molecule has 76 valence electrons. The molecule has 5 nitrogen and oxygen atoms in total. The van der Waals surface area contributed by atoms with Crippen LogP contribution in [0.4, 0.5) is 0 Å². The van der Waals surface area contributed by atoms with Gasteiger partial charge >= 0.3 is 5.97 Å². The summed E-state index contributed by atoms with van der Waals surface area (Å²) in [5.74, 6) is -0.471. The zero-order chi connectivity index (χ0) is 9.84. The fourth-order valence-electron chi connectivity index (χ4n) is 1.34. The molecule has 1 heterocycles. The molecular formula is C8H14O5. The van der Waals surface area contributed by atoms with Crippen molar-refractivity contribution in [2.24, 2.45) is 0 Å². The number of ether oxygens (including phenoxy) is 3. The summed E-state index contributed by atoms with van der Waals surface area (Å²) in [6.45, 7) is 0. The maximum atomic E-state index is 11.1. The van der Waals surface area contributed by atoms with E-state index in [1.807, 2.05) is 0 Å². The van der Waals surface area contributed by atoms with Crippen LogP contribution in [0.2, 0.25) is 0 Å². The van der Waals surface area contributed by atoms with E-state index < -0.39 is 18.4 Å². The van der Waals surface area contributed by atoms with Gasteiger partial charge in [0.1, 0.15) is 0 Å².